The van der Waals surface area contributed by atoms with Gasteiger partial charge < -0.3 is 9.64 Å². The predicted molar refractivity (Wildman–Crippen MR) is 62.0 cm³/mol. The van der Waals surface area contributed by atoms with Crippen molar-refractivity contribution in [1.82, 2.24) is 4.98 Å². The number of rotatable bonds is 4. The topological polar surface area (TPSA) is 42.4 Å². The maximum Gasteiger partial charge on any atom is 0.405 e. The molecular formula is C12H13F3N2O2. The molecule has 2 rings (SSSR count). The zero-order valence-electron chi connectivity index (χ0n) is 10.3. The van der Waals surface area contributed by atoms with Crippen molar-refractivity contribution in [1.29, 1.82) is 0 Å². The van der Waals surface area contributed by atoms with E-state index in [1.54, 1.807) is 0 Å². The van der Waals surface area contributed by atoms with E-state index in [1.165, 1.54) is 30.3 Å². The molecule has 0 atom stereocenters. The molecule has 0 saturated heterocycles. The third-order valence-electron chi connectivity index (χ3n) is 2.80. The van der Waals surface area contributed by atoms with Gasteiger partial charge in [0.15, 0.2) is 0 Å². The molecule has 0 spiro atoms. The second-order valence-electron chi connectivity index (χ2n) is 4.37. The molecule has 1 saturated carbocycles. The summed E-state index contributed by atoms with van der Waals surface area (Å²) in [5.41, 5.74) is 0.195. The molecule has 0 aromatic carbocycles. The van der Waals surface area contributed by atoms with E-state index < -0.39 is 18.7 Å². The number of esters is 1. The molecule has 0 bridgehead atoms. The van der Waals surface area contributed by atoms with E-state index in [4.69, 9.17) is 0 Å². The highest BCUT2D eigenvalue weighted by Gasteiger charge is 2.38. The van der Waals surface area contributed by atoms with Crippen molar-refractivity contribution >= 4 is 11.8 Å². The third-order valence-corrected chi connectivity index (χ3v) is 2.80. The Morgan fingerprint density at radius 1 is 1.53 bits per heavy atom. The van der Waals surface area contributed by atoms with Gasteiger partial charge in [-0.2, -0.15) is 13.2 Å². The van der Waals surface area contributed by atoms with E-state index in [0.29, 0.717) is 12.8 Å². The molecule has 19 heavy (non-hydrogen) atoms. The zero-order chi connectivity index (χ0) is 14.0. The molecule has 0 N–H and O–H groups in total. The Kier molecular flexibility index (Phi) is 3.64. The van der Waals surface area contributed by atoms with Crippen LogP contribution in [0.2, 0.25) is 0 Å². The van der Waals surface area contributed by atoms with Crippen molar-refractivity contribution in [2.75, 3.05) is 18.6 Å². The van der Waals surface area contributed by atoms with Crippen LogP contribution in [0.1, 0.15) is 23.2 Å². The number of methoxy groups -OCH3 is 1. The summed E-state index contributed by atoms with van der Waals surface area (Å²) in [5.74, 6) is -0.436. The molecular weight excluding hydrogens is 261 g/mol. The average molecular weight is 274 g/mol. The largest absolute Gasteiger partial charge is 0.465 e. The molecule has 1 aromatic rings. The first-order valence-corrected chi connectivity index (χ1v) is 5.78. The van der Waals surface area contributed by atoms with Gasteiger partial charge in [-0.15, -0.1) is 0 Å². The van der Waals surface area contributed by atoms with Crippen LogP contribution < -0.4 is 4.90 Å². The van der Waals surface area contributed by atoms with Gasteiger partial charge in [0.05, 0.1) is 12.7 Å². The van der Waals surface area contributed by atoms with Gasteiger partial charge in [0.2, 0.25) is 0 Å². The summed E-state index contributed by atoms with van der Waals surface area (Å²) in [6.45, 7) is -1.06. The first kappa shape index (κ1) is 13.6. The lowest BCUT2D eigenvalue weighted by Gasteiger charge is -2.24. The van der Waals surface area contributed by atoms with Gasteiger partial charge in [0, 0.05) is 12.2 Å². The highest BCUT2D eigenvalue weighted by atomic mass is 19.4. The van der Waals surface area contributed by atoms with Crippen LogP contribution in [0, 0.1) is 0 Å². The fourth-order valence-corrected chi connectivity index (χ4v) is 1.80. The number of nitrogens with zero attached hydrogens (tertiary/aromatic N) is 2. The van der Waals surface area contributed by atoms with Crippen molar-refractivity contribution in [3.63, 3.8) is 0 Å². The van der Waals surface area contributed by atoms with Crippen LogP contribution >= 0.6 is 0 Å². The third kappa shape index (κ3) is 3.59. The van der Waals surface area contributed by atoms with Crippen LogP contribution in [0.3, 0.4) is 0 Å². The maximum atomic E-state index is 12.5. The minimum absolute atomic E-state index is 0.151. The Hall–Kier alpha value is -1.79. The summed E-state index contributed by atoms with van der Waals surface area (Å²) in [6.07, 6.45) is -1.57. The van der Waals surface area contributed by atoms with E-state index in [-0.39, 0.29) is 17.4 Å². The molecule has 0 radical (unpaired) electrons. The molecule has 1 aromatic heterocycles. The van der Waals surface area contributed by atoms with Crippen molar-refractivity contribution < 1.29 is 22.7 Å². The normalized spacial score (nSPS) is 15.2. The molecule has 7 heteroatoms. The van der Waals surface area contributed by atoms with Gasteiger partial charge in [-0.3, -0.25) is 0 Å². The highest BCUT2D eigenvalue weighted by molar-refractivity contribution is 5.90. The molecule has 1 heterocycles. The number of anilines is 1. The van der Waals surface area contributed by atoms with Gasteiger partial charge in [0.1, 0.15) is 12.4 Å². The summed E-state index contributed by atoms with van der Waals surface area (Å²) in [5, 5.41) is 0. The Labute approximate surface area is 108 Å². The minimum Gasteiger partial charge on any atom is -0.465 e. The van der Waals surface area contributed by atoms with E-state index in [1.807, 2.05) is 0 Å². The van der Waals surface area contributed by atoms with Crippen molar-refractivity contribution in [3.05, 3.63) is 23.9 Å². The van der Waals surface area contributed by atoms with E-state index >= 15 is 0 Å². The summed E-state index contributed by atoms with van der Waals surface area (Å²) in [6, 6.07) is 2.59. The number of hydrogen-bond acceptors (Lipinski definition) is 4. The lowest BCUT2D eigenvalue weighted by Crippen LogP contribution is -2.36. The first-order chi connectivity index (χ1) is 8.90. The van der Waals surface area contributed by atoms with Gasteiger partial charge in [-0.05, 0) is 25.0 Å². The van der Waals surface area contributed by atoms with Gasteiger partial charge >= 0.3 is 12.1 Å². The minimum atomic E-state index is -4.30. The summed E-state index contributed by atoms with van der Waals surface area (Å²) in [7, 11) is 1.22. The quantitative estimate of drug-likeness (QED) is 0.791. The smallest absolute Gasteiger partial charge is 0.405 e. The van der Waals surface area contributed by atoms with Crippen molar-refractivity contribution in [3.8, 4) is 0 Å². The standard InChI is InChI=1S/C12H13F3N2O2/c1-19-11(18)8-4-5-16-10(6-8)17(9-2-3-9)7-12(13,14)15/h4-6,9H,2-3,7H2,1H3. The second-order valence-corrected chi connectivity index (χ2v) is 4.37. The van der Waals surface area contributed by atoms with Gasteiger partial charge in [-0.1, -0.05) is 0 Å². The number of ether oxygens (including phenoxy) is 1. The number of aromatic nitrogens is 1. The van der Waals surface area contributed by atoms with Crippen LogP contribution in [0.5, 0.6) is 0 Å². The second kappa shape index (κ2) is 5.07. The first-order valence-electron chi connectivity index (χ1n) is 5.78. The number of alkyl halides is 3. The van der Waals surface area contributed by atoms with Crippen LogP contribution in [0.15, 0.2) is 18.3 Å². The molecule has 0 unspecified atom stereocenters. The number of pyridine rings is 1. The Morgan fingerprint density at radius 2 is 2.21 bits per heavy atom. The molecule has 4 nitrogen and oxygen atoms in total. The lowest BCUT2D eigenvalue weighted by atomic mass is 10.2. The van der Waals surface area contributed by atoms with E-state index in [9.17, 15) is 18.0 Å². The van der Waals surface area contributed by atoms with Gasteiger partial charge in [-0.25, -0.2) is 9.78 Å². The Bertz CT molecular complexity index is 472. The lowest BCUT2D eigenvalue weighted by molar-refractivity contribution is -0.120. The summed E-state index contributed by atoms with van der Waals surface area (Å²) >= 11 is 0. The van der Waals surface area contributed by atoms with Crippen LogP contribution in [0.25, 0.3) is 0 Å². The molecule has 0 aliphatic heterocycles. The molecule has 1 fully saturated rings. The van der Waals surface area contributed by atoms with Crippen LogP contribution in [-0.4, -0.2) is 36.8 Å². The number of carbonyl (C=O) groups excluding carboxylic acids is 1. The SMILES string of the molecule is COC(=O)c1ccnc(N(CC(F)(F)F)C2CC2)c1. The van der Waals surface area contributed by atoms with Crippen molar-refractivity contribution in [2.24, 2.45) is 0 Å². The molecule has 0 amide bonds. The molecule has 1 aliphatic carbocycles. The predicted octanol–water partition coefficient (Wildman–Crippen LogP) is 2.40. The number of hydrogen-bond donors (Lipinski definition) is 0. The monoisotopic (exact) mass is 274 g/mol. The Morgan fingerprint density at radius 3 is 2.74 bits per heavy atom. The average Bonchev–Trinajstić information content (AvgIpc) is 3.18. The number of halogens is 3. The maximum absolute atomic E-state index is 12.5. The molecule has 104 valence electrons. The van der Waals surface area contributed by atoms with Crippen LogP contribution in [0.4, 0.5) is 19.0 Å². The van der Waals surface area contributed by atoms with Gasteiger partial charge in [0.25, 0.3) is 0 Å². The van der Waals surface area contributed by atoms with Crippen LogP contribution in [-0.2, 0) is 4.74 Å². The Balaban J connectivity index is 2.24. The fraction of sp³-hybridized carbons (Fsp3) is 0.500. The number of carbonyl (C=O) groups is 1. The molecule has 1 aliphatic rings. The van der Waals surface area contributed by atoms with E-state index in [2.05, 4.69) is 9.72 Å². The summed E-state index contributed by atoms with van der Waals surface area (Å²) in [4.78, 5) is 16.5. The van der Waals surface area contributed by atoms with E-state index in [0.717, 1.165) is 0 Å². The van der Waals surface area contributed by atoms with Crippen molar-refractivity contribution in [2.45, 2.75) is 25.1 Å². The highest BCUT2D eigenvalue weighted by Crippen LogP contribution is 2.33. The fourth-order valence-electron chi connectivity index (χ4n) is 1.80. The zero-order valence-corrected chi connectivity index (χ0v) is 10.3. The summed E-state index contributed by atoms with van der Waals surface area (Å²) < 4.78 is 42.2.